The number of amides is 2. The molecule has 1 aliphatic rings. The Morgan fingerprint density at radius 3 is 2.10 bits per heavy atom. The third-order valence-electron chi connectivity index (χ3n) is 5.17. The van der Waals surface area contributed by atoms with Gasteiger partial charge < -0.3 is 15.4 Å². The molecule has 3 rings (SSSR count). The molecule has 2 atom stereocenters. The Bertz CT molecular complexity index is 839. The Labute approximate surface area is 178 Å². The van der Waals surface area contributed by atoms with E-state index >= 15 is 0 Å². The minimum atomic E-state index is -0.201. The van der Waals surface area contributed by atoms with Crippen LogP contribution in [0.3, 0.4) is 0 Å². The van der Waals surface area contributed by atoms with Crippen LogP contribution < -0.4 is 15.4 Å². The topological polar surface area (TPSA) is 70.7 Å². The number of anilines is 2. The fourth-order valence-corrected chi connectivity index (χ4v) is 4.03. The number of hydrogen-bond acceptors (Lipinski definition) is 4. The summed E-state index contributed by atoms with van der Waals surface area (Å²) in [4.78, 5) is 27.0. The number of nitrogens with one attached hydrogen (secondary N) is 2. The molecule has 6 heteroatoms. The van der Waals surface area contributed by atoms with Crippen molar-refractivity contribution in [3.05, 3.63) is 54.1 Å². The van der Waals surface area contributed by atoms with Gasteiger partial charge in [0.2, 0.25) is 5.91 Å². The third kappa shape index (κ3) is 6.32. The first-order valence-electron chi connectivity index (χ1n) is 10.6. The largest absolute Gasteiger partial charge is 0.494 e. The Kier molecular flexibility index (Phi) is 7.46. The minimum absolute atomic E-state index is 0.0251. The fourth-order valence-electron chi connectivity index (χ4n) is 4.03. The number of piperidine rings is 1. The van der Waals surface area contributed by atoms with Gasteiger partial charge >= 0.3 is 0 Å². The lowest BCUT2D eigenvalue weighted by atomic mass is 9.92. The molecule has 1 heterocycles. The molecule has 1 fully saturated rings. The maximum atomic E-state index is 12.4. The Morgan fingerprint density at radius 1 is 0.933 bits per heavy atom. The van der Waals surface area contributed by atoms with Gasteiger partial charge in [-0.05, 0) is 73.7 Å². The molecule has 1 saturated heterocycles. The molecular weight excluding hydrogens is 378 g/mol. The number of benzene rings is 2. The van der Waals surface area contributed by atoms with Crippen molar-refractivity contribution >= 4 is 23.2 Å². The highest BCUT2D eigenvalue weighted by atomic mass is 16.5. The van der Waals surface area contributed by atoms with Crippen LogP contribution in [0.4, 0.5) is 11.4 Å². The van der Waals surface area contributed by atoms with E-state index in [1.54, 1.807) is 36.4 Å². The summed E-state index contributed by atoms with van der Waals surface area (Å²) in [7, 11) is 0. The maximum absolute atomic E-state index is 12.4. The Hall–Kier alpha value is -2.86. The average molecular weight is 410 g/mol. The van der Waals surface area contributed by atoms with Gasteiger partial charge in [-0.1, -0.05) is 13.8 Å². The van der Waals surface area contributed by atoms with Gasteiger partial charge in [-0.15, -0.1) is 0 Å². The highest BCUT2D eigenvalue weighted by Gasteiger charge is 2.23. The van der Waals surface area contributed by atoms with E-state index in [1.807, 2.05) is 19.1 Å². The van der Waals surface area contributed by atoms with E-state index in [-0.39, 0.29) is 11.8 Å². The zero-order valence-corrected chi connectivity index (χ0v) is 18.0. The number of carbonyl (C=O) groups excluding carboxylic acids is 2. The fraction of sp³-hybridized carbons (Fsp3) is 0.417. The van der Waals surface area contributed by atoms with Crippen LogP contribution >= 0.6 is 0 Å². The van der Waals surface area contributed by atoms with Gasteiger partial charge in [-0.3, -0.25) is 14.5 Å². The number of rotatable bonds is 7. The quantitative estimate of drug-likeness (QED) is 0.717. The van der Waals surface area contributed by atoms with Gasteiger partial charge in [0.1, 0.15) is 5.75 Å². The highest BCUT2D eigenvalue weighted by molar-refractivity contribution is 6.04. The molecule has 30 heavy (non-hydrogen) atoms. The first-order valence-corrected chi connectivity index (χ1v) is 10.6. The highest BCUT2D eigenvalue weighted by Crippen LogP contribution is 2.21. The van der Waals surface area contributed by atoms with Crippen LogP contribution in [0.5, 0.6) is 5.75 Å². The summed E-state index contributed by atoms with van der Waals surface area (Å²) in [5.74, 6) is 1.78. The molecule has 0 unspecified atom stereocenters. The van der Waals surface area contributed by atoms with E-state index < -0.39 is 0 Å². The molecule has 0 spiro atoms. The third-order valence-corrected chi connectivity index (χ3v) is 5.17. The van der Waals surface area contributed by atoms with Gasteiger partial charge in [0, 0.05) is 30.0 Å². The number of ether oxygens (including phenoxy) is 1. The van der Waals surface area contributed by atoms with Crippen LogP contribution in [0.2, 0.25) is 0 Å². The van der Waals surface area contributed by atoms with Gasteiger partial charge in [0.15, 0.2) is 0 Å². The van der Waals surface area contributed by atoms with Gasteiger partial charge in [0.25, 0.3) is 5.91 Å². The van der Waals surface area contributed by atoms with Crippen molar-refractivity contribution in [1.82, 2.24) is 4.90 Å². The summed E-state index contributed by atoms with van der Waals surface area (Å²) in [5.41, 5.74) is 1.92. The van der Waals surface area contributed by atoms with E-state index in [2.05, 4.69) is 29.4 Å². The van der Waals surface area contributed by atoms with Gasteiger partial charge in [-0.2, -0.15) is 0 Å². The summed E-state index contributed by atoms with van der Waals surface area (Å²) in [6.07, 6.45) is 1.22. The van der Waals surface area contributed by atoms with E-state index in [1.165, 1.54) is 6.42 Å². The van der Waals surface area contributed by atoms with Crippen LogP contribution in [0.25, 0.3) is 0 Å². The first kappa shape index (κ1) is 21.8. The molecule has 6 nitrogen and oxygen atoms in total. The van der Waals surface area contributed by atoms with Crippen LogP contribution in [0, 0.1) is 11.8 Å². The van der Waals surface area contributed by atoms with Crippen molar-refractivity contribution in [3.63, 3.8) is 0 Å². The number of nitrogens with zero attached hydrogens (tertiary/aromatic N) is 1. The number of hydrogen-bond donors (Lipinski definition) is 2. The van der Waals surface area contributed by atoms with E-state index in [4.69, 9.17) is 4.74 Å². The maximum Gasteiger partial charge on any atom is 0.255 e. The standard InChI is InChI=1S/C24H31N3O3/c1-4-30-22-11-9-21(10-12-22)26-24(29)19-5-7-20(8-6-19)25-23(28)16-27-14-17(2)13-18(3)15-27/h5-12,17-18H,4,13-16H2,1-3H3,(H,25,28)(H,26,29)/t17-,18+. The number of carbonyl (C=O) groups is 2. The molecule has 2 N–H and O–H groups in total. The molecular formula is C24H31N3O3. The second-order valence-electron chi connectivity index (χ2n) is 8.18. The Balaban J connectivity index is 1.51. The summed E-state index contributed by atoms with van der Waals surface area (Å²) in [6.45, 7) is 9.32. The normalized spacial score (nSPS) is 19.2. The molecule has 0 aromatic heterocycles. The second kappa shape index (κ2) is 10.3. The van der Waals surface area contributed by atoms with Crippen molar-refractivity contribution in [1.29, 1.82) is 0 Å². The molecule has 2 amide bonds. The van der Waals surface area contributed by atoms with E-state index in [9.17, 15) is 9.59 Å². The van der Waals surface area contributed by atoms with E-state index in [0.717, 1.165) is 18.8 Å². The SMILES string of the molecule is CCOc1ccc(NC(=O)c2ccc(NC(=O)CN3C[C@H](C)C[C@H](C)C3)cc2)cc1. The lowest BCUT2D eigenvalue weighted by molar-refractivity contribution is -0.117. The first-order chi connectivity index (χ1) is 14.4. The Morgan fingerprint density at radius 2 is 1.50 bits per heavy atom. The predicted octanol–water partition coefficient (Wildman–Crippen LogP) is 4.25. The number of likely N-dealkylation sites (tertiary alicyclic amines) is 1. The summed E-state index contributed by atoms with van der Waals surface area (Å²) in [6, 6.07) is 14.2. The predicted molar refractivity (Wildman–Crippen MR) is 120 cm³/mol. The molecule has 160 valence electrons. The van der Waals surface area contributed by atoms with Crippen molar-refractivity contribution in [2.75, 3.05) is 36.9 Å². The summed E-state index contributed by atoms with van der Waals surface area (Å²) >= 11 is 0. The van der Waals surface area contributed by atoms with E-state index in [0.29, 0.717) is 41.9 Å². The lowest BCUT2D eigenvalue weighted by Crippen LogP contribution is -2.42. The zero-order valence-electron chi connectivity index (χ0n) is 18.0. The molecule has 0 radical (unpaired) electrons. The smallest absolute Gasteiger partial charge is 0.255 e. The molecule has 0 bridgehead atoms. The lowest BCUT2D eigenvalue weighted by Gasteiger charge is -2.34. The monoisotopic (exact) mass is 409 g/mol. The zero-order chi connectivity index (χ0) is 21.5. The van der Waals surface area contributed by atoms with Gasteiger partial charge in [-0.25, -0.2) is 0 Å². The van der Waals surface area contributed by atoms with Crippen molar-refractivity contribution in [3.8, 4) is 5.75 Å². The van der Waals surface area contributed by atoms with Crippen molar-refractivity contribution < 1.29 is 14.3 Å². The summed E-state index contributed by atoms with van der Waals surface area (Å²) < 4.78 is 5.40. The van der Waals surface area contributed by atoms with Crippen LogP contribution in [0.15, 0.2) is 48.5 Å². The minimum Gasteiger partial charge on any atom is -0.494 e. The van der Waals surface area contributed by atoms with Crippen LogP contribution in [0.1, 0.15) is 37.6 Å². The molecule has 1 aliphatic heterocycles. The molecule has 0 aliphatic carbocycles. The summed E-state index contributed by atoms with van der Waals surface area (Å²) in [5, 5.41) is 5.79. The van der Waals surface area contributed by atoms with Gasteiger partial charge in [0.05, 0.1) is 13.2 Å². The average Bonchev–Trinajstić information content (AvgIpc) is 2.69. The molecule has 2 aromatic carbocycles. The molecule has 2 aromatic rings. The molecule has 0 saturated carbocycles. The van der Waals surface area contributed by atoms with Crippen LogP contribution in [-0.2, 0) is 4.79 Å². The second-order valence-corrected chi connectivity index (χ2v) is 8.18. The van der Waals surface area contributed by atoms with Crippen molar-refractivity contribution in [2.24, 2.45) is 11.8 Å². The van der Waals surface area contributed by atoms with Crippen molar-refractivity contribution in [2.45, 2.75) is 27.2 Å². The van der Waals surface area contributed by atoms with Crippen LogP contribution in [-0.4, -0.2) is 43.0 Å².